The molecular formula is C19H17N3O2. The van der Waals surface area contributed by atoms with Gasteiger partial charge in [0.1, 0.15) is 0 Å². The number of carbonyl (C=O) groups is 2. The second-order valence-corrected chi connectivity index (χ2v) is 5.45. The van der Waals surface area contributed by atoms with Crippen molar-refractivity contribution in [3.8, 4) is 0 Å². The summed E-state index contributed by atoms with van der Waals surface area (Å²) in [4.78, 5) is 28.6. The van der Waals surface area contributed by atoms with Gasteiger partial charge in [-0.3, -0.25) is 14.6 Å². The van der Waals surface area contributed by atoms with Gasteiger partial charge in [-0.05, 0) is 24.6 Å². The topological polar surface area (TPSA) is 71.1 Å². The Bertz CT molecular complexity index is 892. The minimum absolute atomic E-state index is 0.309. The summed E-state index contributed by atoms with van der Waals surface area (Å²) in [5, 5.41) is 6.08. The quantitative estimate of drug-likeness (QED) is 0.729. The van der Waals surface area contributed by atoms with Gasteiger partial charge in [-0.2, -0.15) is 0 Å². The molecule has 5 heteroatoms. The Labute approximate surface area is 139 Å². The van der Waals surface area contributed by atoms with Crippen LogP contribution in [-0.4, -0.2) is 16.8 Å². The van der Waals surface area contributed by atoms with Gasteiger partial charge in [0, 0.05) is 17.6 Å². The Morgan fingerprint density at radius 1 is 0.958 bits per heavy atom. The van der Waals surface area contributed by atoms with Crippen LogP contribution in [0, 0.1) is 6.92 Å². The van der Waals surface area contributed by atoms with Crippen LogP contribution in [0.15, 0.2) is 60.7 Å². The number of anilines is 1. The molecule has 120 valence electrons. The van der Waals surface area contributed by atoms with Crippen LogP contribution in [0.5, 0.6) is 0 Å². The lowest BCUT2D eigenvalue weighted by molar-refractivity contribution is -0.136. The number of rotatable bonds is 3. The summed E-state index contributed by atoms with van der Waals surface area (Å²) in [5.41, 5.74) is 3.06. The normalized spacial score (nSPS) is 10.4. The first kappa shape index (κ1) is 15.7. The fraction of sp³-hybridized carbons (Fsp3) is 0.105. The number of carbonyl (C=O) groups excluding carboxylic acids is 2. The standard InChI is InChI=1S/C19H17N3O2/c1-13-11-17(15-9-5-6-10-16(15)21-13)22-19(24)18(23)20-12-14-7-3-2-4-8-14/h2-11H,12H2,1H3,(H,20,23)(H,21,22,24). The molecule has 24 heavy (non-hydrogen) atoms. The van der Waals surface area contributed by atoms with Gasteiger partial charge in [0.05, 0.1) is 11.2 Å². The van der Waals surface area contributed by atoms with Crippen LogP contribution in [0.2, 0.25) is 0 Å². The molecule has 0 bridgehead atoms. The molecule has 2 N–H and O–H groups in total. The van der Waals surface area contributed by atoms with Crippen LogP contribution in [0.1, 0.15) is 11.3 Å². The van der Waals surface area contributed by atoms with Crippen LogP contribution in [-0.2, 0) is 16.1 Å². The van der Waals surface area contributed by atoms with Gasteiger partial charge in [0.25, 0.3) is 0 Å². The number of amides is 2. The second kappa shape index (κ2) is 6.91. The molecule has 0 saturated heterocycles. The lowest BCUT2D eigenvalue weighted by Gasteiger charge is -2.10. The molecule has 0 radical (unpaired) electrons. The predicted octanol–water partition coefficient (Wildman–Crippen LogP) is 2.80. The average Bonchev–Trinajstić information content (AvgIpc) is 2.60. The van der Waals surface area contributed by atoms with E-state index in [1.165, 1.54) is 0 Å². The van der Waals surface area contributed by atoms with Crippen LogP contribution in [0.3, 0.4) is 0 Å². The summed E-state index contributed by atoms with van der Waals surface area (Å²) >= 11 is 0. The molecule has 0 fully saturated rings. The fourth-order valence-electron chi connectivity index (χ4n) is 2.45. The molecule has 2 aromatic carbocycles. The monoisotopic (exact) mass is 319 g/mol. The molecule has 3 aromatic rings. The first-order valence-corrected chi connectivity index (χ1v) is 7.63. The number of para-hydroxylation sites is 1. The Balaban J connectivity index is 1.71. The van der Waals surface area contributed by atoms with Crippen molar-refractivity contribution in [3.05, 3.63) is 71.9 Å². The Morgan fingerprint density at radius 2 is 1.67 bits per heavy atom. The van der Waals surface area contributed by atoms with Gasteiger partial charge in [-0.1, -0.05) is 48.5 Å². The molecule has 0 aliphatic heterocycles. The lowest BCUT2D eigenvalue weighted by Crippen LogP contribution is -2.35. The zero-order valence-corrected chi connectivity index (χ0v) is 13.2. The van der Waals surface area contributed by atoms with Crippen molar-refractivity contribution < 1.29 is 9.59 Å². The molecule has 1 heterocycles. The molecule has 3 rings (SSSR count). The van der Waals surface area contributed by atoms with Crippen LogP contribution in [0.25, 0.3) is 10.9 Å². The Hall–Kier alpha value is -3.21. The number of pyridine rings is 1. The maximum atomic E-state index is 12.1. The van der Waals surface area contributed by atoms with E-state index in [1.807, 2.05) is 61.5 Å². The number of benzene rings is 2. The molecule has 0 unspecified atom stereocenters. The Kier molecular flexibility index (Phi) is 4.52. The minimum atomic E-state index is -0.693. The van der Waals surface area contributed by atoms with E-state index in [9.17, 15) is 9.59 Å². The van der Waals surface area contributed by atoms with Crippen LogP contribution in [0.4, 0.5) is 5.69 Å². The number of hydrogen-bond acceptors (Lipinski definition) is 3. The molecule has 0 aliphatic carbocycles. The Morgan fingerprint density at radius 3 is 2.46 bits per heavy atom. The largest absolute Gasteiger partial charge is 0.344 e. The van der Waals surface area contributed by atoms with Crippen molar-refractivity contribution in [2.45, 2.75) is 13.5 Å². The van der Waals surface area contributed by atoms with Crippen LogP contribution < -0.4 is 10.6 Å². The average molecular weight is 319 g/mol. The van der Waals surface area contributed by atoms with Gasteiger partial charge in [0.2, 0.25) is 0 Å². The van der Waals surface area contributed by atoms with Crippen LogP contribution >= 0.6 is 0 Å². The van der Waals surface area contributed by atoms with E-state index in [0.29, 0.717) is 12.2 Å². The molecule has 0 atom stereocenters. The van der Waals surface area contributed by atoms with Gasteiger partial charge >= 0.3 is 11.8 Å². The van der Waals surface area contributed by atoms with Gasteiger partial charge < -0.3 is 10.6 Å². The van der Waals surface area contributed by atoms with Crippen molar-refractivity contribution >= 4 is 28.4 Å². The summed E-state index contributed by atoms with van der Waals surface area (Å²) in [7, 11) is 0. The third-order valence-electron chi connectivity index (χ3n) is 3.59. The zero-order valence-electron chi connectivity index (χ0n) is 13.2. The van der Waals surface area contributed by atoms with E-state index < -0.39 is 11.8 Å². The summed E-state index contributed by atoms with van der Waals surface area (Å²) in [6.07, 6.45) is 0. The molecule has 0 saturated carbocycles. The van der Waals surface area contributed by atoms with Crippen molar-refractivity contribution in [2.75, 3.05) is 5.32 Å². The van der Waals surface area contributed by atoms with Crippen molar-refractivity contribution in [3.63, 3.8) is 0 Å². The van der Waals surface area contributed by atoms with E-state index in [1.54, 1.807) is 6.07 Å². The maximum absolute atomic E-state index is 12.1. The number of nitrogens with one attached hydrogen (secondary N) is 2. The minimum Gasteiger partial charge on any atom is -0.344 e. The number of aryl methyl sites for hydroxylation is 1. The van der Waals surface area contributed by atoms with E-state index in [2.05, 4.69) is 15.6 Å². The number of fused-ring (bicyclic) bond motifs is 1. The molecule has 2 amide bonds. The third-order valence-corrected chi connectivity index (χ3v) is 3.59. The van der Waals surface area contributed by atoms with E-state index in [4.69, 9.17) is 0 Å². The molecule has 0 spiro atoms. The fourth-order valence-corrected chi connectivity index (χ4v) is 2.45. The number of aromatic nitrogens is 1. The van der Waals surface area contributed by atoms with Crippen molar-refractivity contribution in [2.24, 2.45) is 0 Å². The zero-order chi connectivity index (χ0) is 16.9. The first-order valence-electron chi connectivity index (χ1n) is 7.63. The second-order valence-electron chi connectivity index (χ2n) is 5.45. The highest BCUT2D eigenvalue weighted by Crippen LogP contribution is 2.22. The summed E-state index contributed by atoms with van der Waals surface area (Å²) in [6, 6.07) is 18.7. The summed E-state index contributed by atoms with van der Waals surface area (Å²) in [5.74, 6) is -1.36. The lowest BCUT2D eigenvalue weighted by atomic mass is 10.1. The van der Waals surface area contributed by atoms with Gasteiger partial charge in [-0.25, -0.2) is 0 Å². The van der Waals surface area contributed by atoms with E-state index >= 15 is 0 Å². The maximum Gasteiger partial charge on any atom is 0.313 e. The summed E-state index contributed by atoms with van der Waals surface area (Å²) in [6.45, 7) is 2.15. The third kappa shape index (κ3) is 3.57. The highest BCUT2D eigenvalue weighted by atomic mass is 16.2. The van der Waals surface area contributed by atoms with Gasteiger partial charge in [0.15, 0.2) is 0 Å². The molecule has 0 aliphatic rings. The predicted molar refractivity (Wildman–Crippen MR) is 93.4 cm³/mol. The van der Waals surface area contributed by atoms with Crippen molar-refractivity contribution in [1.82, 2.24) is 10.3 Å². The smallest absolute Gasteiger partial charge is 0.313 e. The number of nitrogens with zero attached hydrogens (tertiary/aromatic N) is 1. The van der Waals surface area contributed by atoms with Gasteiger partial charge in [-0.15, -0.1) is 0 Å². The molecule has 1 aromatic heterocycles. The SMILES string of the molecule is Cc1cc(NC(=O)C(=O)NCc2ccccc2)c2ccccc2n1. The van der Waals surface area contributed by atoms with E-state index in [0.717, 1.165) is 22.2 Å². The highest BCUT2D eigenvalue weighted by Gasteiger charge is 2.15. The van der Waals surface area contributed by atoms with Crippen molar-refractivity contribution in [1.29, 1.82) is 0 Å². The number of hydrogen-bond donors (Lipinski definition) is 2. The summed E-state index contributed by atoms with van der Waals surface area (Å²) < 4.78 is 0. The highest BCUT2D eigenvalue weighted by molar-refractivity contribution is 6.40. The first-order chi connectivity index (χ1) is 11.6. The molecule has 5 nitrogen and oxygen atoms in total. The molecular weight excluding hydrogens is 302 g/mol. The van der Waals surface area contributed by atoms with E-state index in [-0.39, 0.29) is 0 Å².